The third-order valence-electron chi connectivity index (χ3n) is 3.58. The summed E-state index contributed by atoms with van der Waals surface area (Å²) in [7, 11) is 0. The van der Waals surface area contributed by atoms with Gasteiger partial charge in [0.1, 0.15) is 5.69 Å². The zero-order valence-corrected chi connectivity index (χ0v) is 11.2. The Kier molecular flexibility index (Phi) is 4.06. The summed E-state index contributed by atoms with van der Waals surface area (Å²) in [5, 5.41) is 20.1. The number of carbonyl (C=O) groups excluding carboxylic acids is 1. The molecule has 1 amide bonds. The molecule has 112 valence electrons. The van der Waals surface area contributed by atoms with Gasteiger partial charge in [-0.15, -0.1) is 0 Å². The monoisotopic (exact) mass is 293 g/mol. The third-order valence-corrected chi connectivity index (χ3v) is 3.58. The maximum absolute atomic E-state index is 11.3. The molecular formula is C13H15N3O5. The van der Waals surface area contributed by atoms with E-state index in [-0.39, 0.29) is 17.2 Å². The number of carboxylic acid groups (broad SMARTS) is 1. The maximum Gasteiger partial charge on any atom is 0.335 e. The Bertz CT molecular complexity index is 601. The van der Waals surface area contributed by atoms with E-state index in [1.807, 2.05) is 0 Å². The molecule has 1 heterocycles. The first-order valence-corrected chi connectivity index (χ1v) is 6.46. The first kappa shape index (κ1) is 14.8. The number of nitro benzene ring substituents is 1. The van der Waals surface area contributed by atoms with Crippen LogP contribution in [0.25, 0.3) is 0 Å². The average Bonchev–Trinajstić information content (AvgIpc) is 2.46. The summed E-state index contributed by atoms with van der Waals surface area (Å²) in [5.74, 6) is -2.00. The minimum Gasteiger partial charge on any atom is -0.478 e. The lowest BCUT2D eigenvalue weighted by molar-refractivity contribution is -0.384. The molecule has 1 aromatic carbocycles. The first-order valence-electron chi connectivity index (χ1n) is 6.46. The van der Waals surface area contributed by atoms with E-state index in [1.165, 1.54) is 12.1 Å². The third kappa shape index (κ3) is 3.10. The number of hydrogen-bond donors (Lipinski definition) is 2. The molecule has 0 saturated carbocycles. The van der Waals surface area contributed by atoms with Crippen molar-refractivity contribution in [1.82, 2.24) is 0 Å². The smallest absolute Gasteiger partial charge is 0.335 e. The number of carboxylic acids is 1. The Morgan fingerprint density at radius 1 is 1.43 bits per heavy atom. The molecule has 0 aromatic heterocycles. The van der Waals surface area contributed by atoms with Gasteiger partial charge in [0.15, 0.2) is 0 Å². The molecule has 1 unspecified atom stereocenters. The molecule has 0 aliphatic carbocycles. The Morgan fingerprint density at radius 3 is 2.71 bits per heavy atom. The van der Waals surface area contributed by atoms with Crippen LogP contribution in [0.2, 0.25) is 0 Å². The first-order chi connectivity index (χ1) is 9.90. The van der Waals surface area contributed by atoms with Gasteiger partial charge in [0, 0.05) is 19.2 Å². The molecule has 0 radical (unpaired) electrons. The normalized spacial score (nSPS) is 18.3. The number of rotatable bonds is 4. The lowest BCUT2D eigenvalue weighted by atomic mass is 9.96. The summed E-state index contributed by atoms with van der Waals surface area (Å²) in [6.07, 6.45) is 1.36. The van der Waals surface area contributed by atoms with E-state index in [9.17, 15) is 19.7 Å². The van der Waals surface area contributed by atoms with Gasteiger partial charge >= 0.3 is 5.97 Å². The van der Waals surface area contributed by atoms with Gasteiger partial charge < -0.3 is 15.7 Å². The number of nitrogens with two attached hydrogens (primary N) is 1. The minimum absolute atomic E-state index is 0.145. The summed E-state index contributed by atoms with van der Waals surface area (Å²) in [5.41, 5.74) is 5.19. The second kappa shape index (κ2) is 5.78. The van der Waals surface area contributed by atoms with Crippen LogP contribution in [0, 0.1) is 16.0 Å². The molecule has 1 aliphatic rings. The quantitative estimate of drug-likeness (QED) is 0.629. The van der Waals surface area contributed by atoms with Crippen LogP contribution in [0.15, 0.2) is 18.2 Å². The second-order valence-electron chi connectivity index (χ2n) is 4.95. The summed E-state index contributed by atoms with van der Waals surface area (Å²) < 4.78 is 0. The molecule has 1 saturated heterocycles. The number of primary amides is 1. The van der Waals surface area contributed by atoms with Crippen molar-refractivity contribution in [3.8, 4) is 0 Å². The van der Waals surface area contributed by atoms with Gasteiger partial charge in [-0.05, 0) is 25.0 Å². The van der Waals surface area contributed by atoms with Crippen molar-refractivity contribution in [3.63, 3.8) is 0 Å². The van der Waals surface area contributed by atoms with Crippen LogP contribution in [-0.4, -0.2) is 35.0 Å². The fourth-order valence-electron chi connectivity index (χ4n) is 2.50. The summed E-state index contributed by atoms with van der Waals surface area (Å²) in [4.78, 5) is 34.4. The SMILES string of the molecule is NC(=O)C1CCCN(c2ccc(C(=O)O)cc2[N+](=O)[O-])C1. The highest BCUT2D eigenvalue weighted by molar-refractivity contribution is 5.90. The van der Waals surface area contributed by atoms with E-state index in [0.717, 1.165) is 6.07 Å². The minimum atomic E-state index is -1.22. The van der Waals surface area contributed by atoms with Gasteiger partial charge in [-0.2, -0.15) is 0 Å². The highest BCUT2D eigenvalue weighted by atomic mass is 16.6. The molecule has 2 rings (SSSR count). The molecule has 3 N–H and O–H groups in total. The molecule has 1 aliphatic heterocycles. The van der Waals surface area contributed by atoms with Gasteiger partial charge in [0.25, 0.3) is 5.69 Å². The zero-order valence-electron chi connectivity index (χ0n) is 11.2. The van der Waals surface area contributed by atoms with Crippen LogP contribution >= 0.6 is 0 Å². The van der Waals surface area contributed by atoms with Crippen LogP contribution in [0.1, 0.15) is 23.2 Å². The van der Waals surface area contributed by atoms with E-state index in [1.54, 1.807) is 4.90 Å². The maximum atomic E-state index is 11.3. The molecule has 0 bridgehead atoms. The van der Waals surface area contributed by atoms with Crippen LogP contribution < -0.4 is 10.6 Å². The fourth-order valence-corrected chi connectivity index (χ4v) is 2.50. The number of anilines is 1. The largest absolute Gasteiger partial charge is 0.478 e. The van der Waals surface area contributed by atoms with Gasteiger partial charge in [0.05, 0.1) is 16.4 Å². The number of amides is 1. The number of nitrogens with zero attached hydrogens (tertiary/aromatic N) is 2. The molecule has 21 heavy (non-hydrogen) atoms. The van der Waals surface area contributed by atoms with Crippen molar-refractivity contribution >= 4 is 23.3 Å². The van der Waals surface area contributed by atoms with E-state index < -0.39 is 16.8 Å². The van der Waals surface area contributed by atoms with Crippen molar-refractivity contribution in [2.24, 2.45) is 11.7 Å². The predicted molar refractivity (Wildman–Crippen MR) is 74.2 cm³/mol. The predicted octanol–water partition coefficient (Wildman–Crippen LogP) is 0.995. The highest BCUT2D eigenvalue weighted by Crippen LogP contribution is 2.32. The zero-order chi connectivity index (χ0) is 15.6. The number of benzene rings is 1. The summed E-state index contributed by atoms with van der Waals surface area (Å²) >= 11 is 0. The lowest BCUT2D eigenvalue weighted by Gasteiger charge is -2.32. The van der Waals surface area contributed by atoms with Crippen LogP contribution in [-0.2, 0) is 4.79 Å². The lowest BCUT2D eigenvalue weighted by Crippen LogP contribution is -2.41. The molecule has 1 aromatic rings. The van der Waals surface area contributed by atoms with Crippen molar-refractivity contribution in [2.75, 3.05) is 18.0 Å². The molecular weight excluding hydrogens is 278 g/mol. The Balaban J connectivity index is 2.36. The van der Waals surface area contributed by atoms with Gasteiger partial charge in [-0.1, -0.05) is 0 Å². The summed E-state index contributed by atoms with van der Waals surface area (Å²) in [6, 6.07) is 3.76. The summed E-state index contributed by atoms with van der Waals surface area (Å²) in [6.45, 7) is 0.875. The van der Waals surface area contributed by atoms with Crippen molar-refractivity contribution < 1.29 is 19.6 Å². The van der Waals surface area contributed by atoms with Crippen molar-refractivity contribution in [3.05, 3.63) is 33.9 Å². The van der Waals surface area contributed by atoms with E-state index >= 15 is 0 Å². The Morgan fingerprint density at radius 2 is 2.14 bits per heavy atom. The van der Waals surface area contributed by atoms with Crippen LogP contribution in [0.3, 0.4) is 0 Å². The Labute approximate surface area is 120 Å². The number of nitro groups is 1. The molecule has 1 atom stereocenters. The van der Waals surface area contributed by atoms with E-state index in [0.29, 0.717) is 31.6 Å². The topological polar surface area (TPSA) is 127 Å². The van der Waals surface area contributed by atoms with Gasteiger partial charge in [-0.3, -0.25) is 14.9 Å². The van der Waals surface area contributed by atoms with Crippen molar-refractivity contribution in [2.45, 2.75) is 12.8 Å². The highest BCUT2D eigenvalue weighted by Gasteiger charge is 2.28. The van der Waals surface area contributed by atoms with Gasteiger partial charge in [0.2, 0.25) is 5.91 Å². The molecule has 0 spiro atoms. The number of hydrogen-bond acceptors (Lipinski definition) is 5. The average molecular weight is 293 g/mol. The molecule has 8 nitrogen and oxygen atoms in total. The molecule has 1 fully saturated rings. The number of aromatic carboxylic acids is 1. The number of piperidine rings is 1. The number of carbonyl (C=O) groups is 2. The van der Waals surface area contributed by atoms with Gasteiger partial charge in [-0.25, -0.2) is 4.79 Å². The van der Waals surface area contributed by atoms with Crippen LogP contribution in [0.5, 0.6) is 0 Å². The molecule has 8 heteroatoms. The fraction of sp³-hybridized carbons (Fsp3) is 0.385. The van der Waals surface area contributed by atoms with E-state index in [2.05, 4.69) is 0 Å². The Hall–Kier alpha value is -2.64. The standard InChI is InChI=1S/C13H15N3O5/c14-12(17)9-2-1-5-15(7-9)10-4-3-8(13(18)19)6-11(10)16(20)21/h3-4,6,9H,1-2,5,7H2,(H2,14,17)(H,18,19). The van der Waals surface area contributed by atoms with Crippen LogP contribution in [0.4, 0.5) is 11.4 Å². The van der Waals surface area contributed by atoms with E-state index in [4.69, 9.17) is 10.8 Å². The van der Waals surface area contributed by atoms with Crippen molar-refractivity contribution in [1.29, 1.82) is 0 Å². The second-order valence-corrected chi connectivity index (χ2v) is 4.95.